The Bertz CT molecular complexity index is 1280. The van der Waals surface area contributed by atoms with Gasteiger partial charge < -0.3 is 14.8 Å². The second kappa shape index (κ2) is 12.4. The third-order valence-corrected chi connectivity index (χ3v) is 7.91. The summed E-state index contributed by atoms with van der Waals surface area (Å²) in [6.45, 7) is 3.40. The van der Waals surface area contributed by atoms with E-state index in [1.807, 2.05) is 17.7 Å². The highest BCUT2D eigenvalue weighted by molar-refractivity contribution is 7.98. The fourth-order valence-corrected chi connectivity index (χ4v) is 6.16. The van der Waals surface area contributed by atoms with E-state index in [0.29, 0.717) is 16.1 Å². The summed E-state index contributed by atoms with van der Waals surface area (Å²) in [5.74, 6) is -0.813. The van der Waals surface area contributed by atoms with E-state index in [1.54, 1.807) is 31.2 Å². The number of hydrogen-bond donors (Lipinski definition) is 1. The minimum atomic E-state index is -0.615. The molecule has 0 atom stereocenters. The van der Waals surface area contributed by atoms with Gasteiger partial charge in [0.05, 0.1) is 17.7 Å². The maximum Gasteiger partial charge on any atom is 0.341 e. The molecule has 2 aromatic heterocycles. The van der Waals surface area contributed by atoms with E-state index in [9.17, 15) is 14.4 Å². The van der Waals surface area contributed by atoms with Gasteiger partial charge in [-0.3, -0.25) is 9.36 Å². The van der Waals surface area contributed by atoms with Gasteiger partial charge in [-0.05, 0) is 75.6 Å². The fraction of sp³-hybridized carbons (Fsp3) is 0.423. The van der Waals surface area contributed by atoms with Crippen LogP contribution in [0.25, 0.3) is 5.69 Å². The average molecular weight is 543 g/mol. The predicted octanol–water partition coefficient (Wildman–Crippen LogP) is 4.99. The Morgan fingerprint density at radius 1 is 1.03 bits per heavy atom. The number of nitrogens with zero attached hydrogens (tertiary/aromatic N) is 3. The largest absolute Gasteiger partial charge is 0.462 e. The van der Waals surface area contributed by atoms with Crippen LogP contribution in [0.3, 0.4) is 0 Å². The van der Waals surface area contributed by atoms with Crippen molar-refractivity contribution in [2.45, 2.75) is 57.5 Å². The van der Waals surface area contributed by atoms with Gasteiger partial charge in [0.15, 0.2) is 11.8 Å². The number of nitrogens with one attached hydrogen (secondary N) is 1. The lowest BCUT2D eigenvalue weighted by atomic mass is 9.96. The number of amides is 1. The number of aryl methyl sites for hydroxylation is 2. The normalized spacial score (nSPS) is 13.3. The summed E-state index contributed by atoms with van der Waals surface area (Å²) in [7, 11) is 0. The zero-order valence-electron chi connectivity index (χ0n) is 21.2. The molecule has 3 aromatic rings. The first-order valence-electron chi connectivity index (χ1n) is 12.3. The van der Waals surface area contributed by atoms with E-state index in [-0.39, 0.29) is 6.61 Å². The molecule has 37 heavy (non-hydrogen) atoms. The van der Waals surface area contributed by atoms with Crippen molar-refractivity contribution in [2.24, 2.45) is 0 Å². The van der Waals surface area contributed by atoms with Crippen LogP contribution in [0.4, 0.5) is 5.00 Å². The maximum absolute atomic E-state index is 12.7. The van der Waals surface area contributed by atoms with Gasteiger partial charge in [-0.15, -0.1) is 21.5 Å². The number of thioether (sulfide) groups is 1. The average Bonchev–Trinajstić information content (AvgIpc) is 3.41. The van der Waals surface area contributed by atoms with E-state index in [1.165, 1.54) is 23.1 Å². The molecular weight excluding hydrogens is 512 g/mol. The zero-order chi connectivity index (χ0) is 26.4. The van der Waals surface area contributed by atoms with Gasteiger partial charge in [0.2, 0.25) is 0 Å². The molecule has 0 saturated heterocycles. The molecule has 0 bridgehead atoms. The molecule has 1 amide bonds. The summed E-state index contributed by atoms with van der Waals surface area (Å²) in [5, 5.41) is 12.2. The Balaban J connectivity index is 1.42. The van der Waals surface area contributed by atoms with Crippen molar-refractivity contribution in [3.63, 3.8) is 0 Å². The summed E-state index contributed by atoms with van der Waals surface area (Å²) >= 11 is 2.89. The summed E-state index contributed by atoms with van der Waals surface area (Å²) in [5.41, 5.74) is 2.55. The van der Waals surface area contributed by atoms with Crippen LogP contribution in [0.15, 0.2) is 29.4 Å². The molecule has 0 saturated carbocycles. The van der Waals surface area contributed by atoms with Crippen LogP contribution in [0.2, 0.25) is 0 Å². The van der Waals surface area contributed by atoms with Crippen LogP contribution in [0.5, 0.6) is 0 Å². The molecule has 0 spiro atoms. The molecule has 0 unspecified atom stereocenters. The van der Waals surface area contributed by atoms with Crippen molar-refractivity contribution in [1.82, 2.24) is 14.8 Å². The van der Waals surface area contributed by atoms with Crippen LogP contribution < -0.4 is 5.32 Å². The van der Waals surface area contributed by atoms with Crippen molar-refractivity contribution in [3.05, 3.63) is 51.7 Å². The molecule has 1 aliphatic carbocycles. The molecular formula is C26H30N4O5S2. The number of carbonyl (C=O) groups is 3. The number of benzene rings is 1. The molecule has 0 fully saturated rings. The van der Waals surface area contributed by atoms with Crippen molar-refractivity contribution in [1.29, 1.82) is 0 Å². The predicted molar refractivity (Wildman–Crippen MR) is 143 cm³/mol. The number of ether oxygens (including phenoxy) is 2. The van der Waals surface area contributed by atoms with Gasteiger partial charge in [-0.1, -0.05) is 24.6 Å². The summed E-state index contributed by atoms with van der Waals surface area (Å²) in [6.07, 6.45) is 7.90. The molecule has 196 valence electrons. The number of thiophene rings is 1. The van der Waals surface area contributed by atoms with Crippen LogP contribution in [0, 0.1) is 6.92 Å². The van der Waals surface area contributed by atoms with Crippen LogP contribution in [0.1, 0.15) is 69.6 Å². The first kappa shape index (κ1) is 26.9. The van der Waals surface area contributed by atoms with Crippen molar-refractivity contribution >= 4 is 45.9 Å². The van der Waals surface area contributed by atoms with E-state index in [2.05, 4.69) is 15.5 Å². The van der Waals surface area contributed by atoms with Gasteiger partial charge in [0.25, 0.3) is 5.91 Å². The second-order valence-corrected chi connectivity index (χ2v) is 10.5. The summed E-state index contributed by atoms with van der Waals surface area (Å²) < 4.78 is 12.4. The molecule has 2 heterocycles. The van der Waals surface area contributed by atoms with Crippen LogP contribution in [-0.2, 0) is 27.1 Å². The van der Waals surface area contributed by atoms with Gasteiger partial charge in [-0.2, -0.15) is 0 Å². The minimum Gasteiger partial charge on any atom is -0.462 e. The molecule has 1 N–H and O–H groups in total. The van der Waals surface area contributed by atoms with E-state index in [0.717, 1.165) is 65.6 Å². The fourth-order valence-electron chi connectivity index (χ4n) is 4.32. The smallest absolute Gasteiger partial charge is 0.341 e. The first-order valence-corrected chi connectivity index (χ1v) is 14.3. The first-order chi connectivity index (χ1) is 17.9. The molecule has 9 nitrogen and oxygen atoms in total. The number of aromatic nitrogens is 3. The van der Waals surface area contributed by atoms with E-state index < -0.39 is 24.5 Å². The lowest BCUT2D eigenvalue weighted by Gasteiger charge is -2.11. The SMILES string of the molecule is CCOC(=O)c1c(NC(=O)COC(=O)c2ccc(-n3c(C)nnc3SC)cc2)sc2c1CCCCCC2. The third kappa shape index (κ3) is 6.22. The monoisotopic (exact) mass is 542 g/mol. The summed E-state index contributed by atoms with van der Waals surface area (Å²) in [6, 6.07) is 6.83. The minimum absolute atomic E-state index is 0.253. The molecule has 0 aliphatic heterocycles. The number of rotatable bonds is 8. The number of hydrogen-bond acceptors (Lipinski definition) is 9. The molecule has 4 rings (SSSR count). The Morgan fingerprint density at radius 3 is 2.46 bits per heavy atom. The Kier molecular flexibility index (Phi) is 8.99. The maximum atomic E-state index is 12.7. The Morgan fingerprint density at radius 2 is 1.76 bits per heavy atom. The van der Waals surface area contributed by atoms with E-state index >= 15 is 0 Å². The van der Waals surface area contributed by atoms with Crippen molar-refractivity contribution < 1.29 is 23.9 Å². The highest BCUT2D eigenvalue weighted by Gasteiger charge is 2.26. The standard InChI is InChI=1S/C26H30N4O5S2/c1-4-34-25(33)22-19-9-7-5-6-8-10-20(19)37-23(22)27-21(31)15-35-24(32)17-11-13-18(14-12-17)30-16(2)28-29-26(30)36-3/h11-14H,4-10,15H2,1-3H3,(H,27,31). The number of anilines is 1. The van der Waals surface area contributed by atoms with Crippen LogP contribution in [-0.4, -0.2) is 52.1 Å². The molecule has 1 aromatic carbocycles. The van der Waals surface area contributed by atoms with Gasteiger partial charge in [-0.25, -0.2) is 9.59 Å². The number of esters is 2. The lowest BCUT2D eigenvalue weighted by molar-refractivity contribution is -0.119. The third-order valence-electron chi connectivity index (χ3n) is 6.08. The topological polar surface area (TPSA) is 112 Å². The van der Waals surface area contributed by atoms with Gasteiger partial charge in [0, 0.05) is 10.6 Å². The van der Waals surface area contributed by atoms with Crippen molar-refractivity contribution in [2.75, 3.05) is 24.8 Å². The highest BCUT2D eigenvalue weighted by Crippen LogP contribution is 2.37. The second-order valence-electron chi connectivity index (χ2n) is 8.58. The quantitative estimate of drug-likeness (QED) is 0.313. The lowest BCUT2D eigenvalue weighted by Crippen LogP contribution is -2.22. The van der Waals surface area contributed by atoms with Gasteiger partial charge in [0.1, 0.15) is 10.8 Å². The molecule has 11 heteroatoms. The number of carbonyl (C=O) groups excluding carboxylic acids is 3. The van der Waals surface area contributed by atoms with Crippen molar-refractivity contribution in [3.8, 4) is 5.69 Å². The molecule has 1 aliphatic rings. The van der Waals surface area contributed by atoms with E-state index in [4.69, 9.17) is 9.47 Å². The molecule has 0 radical (unpaired) electrons. The summed E-state index contributed by atoms with van der Waals surface area (Å²) in [4.78, 5) is 39.1. The zero-order valence-corrected chi connectivity index (χ0v) is 22.8. The van der Waals surface area contributed by atoms with Crippen LogP contribution >= 0.6 is 23.1 Å². The number of fused-ring (bicyclic) bond motifs is 1. The Hall–Kier alpha value is -3.18. The Labute approximate surface area is 224 Å². The van der Waals surface area contributed by atoms with Gasteiger partial charge >= 0.3 is 11.9 Å². The highest BCUT2D eigenvalue weighted by atomic mass is 32.2.